The largest absolute Gasteiger partial charge is 0.478 e. The molecule has 1 atom stereocenters. The number of hydrogen-bond donors (Lipinski definition) is 2. The summed E-state index contributed by atoms with van der Waals surface area (Å²) in [7, 11) is 1.73. The van der Waals surface area contributed by atoms with Gasteiger partial charge in [0.2, 0.25) is 0 Å². The number of anilines is 1. The minimum absolute atomic E-state index is 0.124. The van der Waals surface area contributed by atoms with Gasteiger partial charge in [-0.15, -0.1) is 0 Å². The van der Waals surface area contributed by atoms with Gasteiger partial charge in [0, 0.05) is 23.2 Å². The Kier molecular flexibility index (Phi) is 6.01. The molecule has 1 unspecified atom stereocenters. The number of carbonyl (C=O) groups excluding carboxylic acids is 1. The summed E-state index contributed by atoms with van der Waals surface area (Å²) < 4.78 is 0.608. The van der Waals surface area contributed by atoms with Crippen LogP contribution in [0.15, 0.2) is 22.7 Å². The molecule has 0 heterocycles. The Morgan fingerprint density at radius 3 is 2.60 bits per heavy atom. The van der Waals surface area contributed by atoms with Crippen LogP contribution in [0.4, 0.5) is 10.5 Å². The average molecular weight is 343 g/mol. The van der Waals surface area contributed by atoms with Gasteiger partial charge in [-0.2, -0.15) is 0 Å². The Morgan fingerprint density at radius 2 is 2.05 bits per heavy atom. The molecule has 0 aliphatic heterocycles. The number of nitrogens with zero attached hydrogens (tertiary/aromatic N) is 1. The summed E-state index contributed by atoms with van der Waals surface area (Å²) in [6.07, 6.45) is 1.92. The average Bonchev–Trinajstić information content (AvgIpc) is 2.37. The van der Waals surface area contributed by atoms with Crippen LogP contribution in [-0.4, -0.2) is 35.1 Å². The molecule has 5 nitrogen and oxygen atoms in total. The third kappa shape index (κ3) is 4.52. The molecule has 20 heavy (non-hydrogen) atoms. The van der Waals surface area contributed by atoms with Gasteiger partial charge in [0.05, 0.1) is 5.56 Å². The molecule has 0 radical (unpaired) electrons. The van der Waals surface area contributed by atoms with E-state index in [1.165, 1.54) is 12.1 Å². The number of nitrogens with one attached hydrogen (secondary N) is 1. The van der Waals surface area contributed by atoms with Gasteiger partial charge >= 0.3 is 12.0 Å². The molecule has 0 aliphatic carbocycles. The third-order valence-corrected chi connectivity index (χ3v) is 3.54. The summed E-state index contributed by atoms with van der Waals surface area (Å²) in [5.41, 5.74) is 0.580. The summed E-state index contributed by atoms with van der Waals surface area (Å²) in [5.74, 6) is -1.03. The lowest BCUT2D eigenvalue weighted by Gasteiger charge is -2.25. The molecular weight excluding hydrogens is 324 g/mol. The fourth-order valence-electron chi connectivity index (χ4n) is 1.81. The smallest absolute Gasteiger partial charge is 0.335 e. The van der Waals surface area contributed by atoms with Crippen LogP contribution < -0.4 is 5.32 Å². The molecule has 1 aromatic carbocycles. The second kappa shape index (κ2) is 7.28. The normalized spacial score (nSPS) is 11.8. The van der Waals surface area contributed by atoms with Gasteiger partial charge in [-0.25, -0.2) is 9.59 Å². The molecule has 0 spiro atoms. The van der Waals surface area contributed by atoms with E-state index in [1.54, 1.807) is 18.0 Å². The van der Waals surface area contributed by atoms with E-state index in [0.29, 0.717) is 10.2 Å². The zero-order valence-corrected chi connectivity index (χ0v) is 13.4. The van der Waals surface area contributed by atoms with Crippen LogP contribution in [0.5, 0.6) is 0 Å². The van der Waals surface area contributed by atoms with Crippen LogP contribution in [-0.2, 0) is 0 Å². The molecule has 2 N–H and O–H groups in total. The molecule has 0 fully saturated rings. The molecule has 0 bridgehead atoms. The Labute approximate surface area is 127 Å². The lowest BCUT2D eigenvalue weighted by molar-refractivity contribution is 0.0696. The number of aromatic carboxylic acids is 1. The summed E-state index contributed by atoms with van der Waals surface area (Å²) in [5, 5.41) is 11.7. The van der Waals surface area contributed by atoms with Gasteiger partial charge in [-0.3, -0.25) is 0 Å². The standard InChI is InChI=1S/C14H19BrN2O3/c1-4-5-9(2)17(3)14(20)16-12-7-10(13(18)19)6-11(15)8-12/h6-9H,4-5H2,1-3H3,(H,16,20)(H,18,19). The number of amides is 2. The van der Waals surface area contributed by atoms with Gasteiger partial charge < -0.3 is 15.3 Å². The minimum atomic E-state index is -1.03. The third-order valence-electron chi connectivity index (χ3n) is 3.08. The van der Waals surface area contributed by atoms with Gasteiger partial charge in [-0.1, -0.05) is 29.3 Å². The minimum Gasteiger partial charge on any atom is -0.478 e. The summed E-state index contributed by atoms with van der Waals surface area (Å²) in [4.78, 5) is 24.7. The Balaban J connectivity index is 2.82. The molecule has 0 saturated carbocycles. The van der Waals surface area contributed by atoms with Crippen LogP contribution >= 0.6 is 15.9 Å². The molecule has 1 aromatic rings. The van der Waals surface area contributed by atoms with E-state index in [1.807, 2.05) is 6.92 Å². The summed E-state index contributed by atoms with van der Waals surface area (Å²) in [6.45, 7) is 4.04. The first kappa shape index (κ1) is 16.5. The van der Waals surface area contributed by atoms with Crippen molar-refractivity contribution < 1.29 is 14.7 Å². The van der Waals surface area contributed by atoms with E-state index in [0.717, 1.165) is 12.8 Å². The zero-order valence-electron chi connectivity index (χ0n) is 11.8. The van der Waals surface area contributed by atoms with Crippen molar-refractivity contribution in [2.24, 2.45) is 0 Å². The highest BCUT2D eigenvalue weighted by molar-refractivity contribution is 9.10. The number of carbonyl (C=O) groups is 2. The van der Waals surface area contributed by atoms with E-state index < -0.39 is 5.97 Å². The van der Waals surface area contributed by atoms with Crippen LogP contribution in [0.25, 0.3) is 0 Å². The SMILES string of the molecule is CCCC(C)N(C)C(=O)Nc1cc(Br)cc(C(=O)O)c1. The second-order valence-corrected chi connectivity index (χ2v) is 5.63. The first-order chi connectivity index (χ1) is 9.35. The molecule has 1 rings (SSSR count). The maximum Gasteiger partial charge on any atom is 0.335 e. The molecule has 2 amide bonds. The van der Waals surface area contributed by atoms with Gasteiger partial charge in [-0.05, 0) is 31.5 Å². The fourth-order valence-corrected chi connectivity index (χ4v) is 2.30. The van der Waals surface area contributed by atoms with Gasteiger partial charge in [0.25, 0.3) is 0 Å². The molecule has 110 valence electrons. The summed E-state index contributed by atoms with van der Waals surface area (Å²) in [6, 6.07) is 4.47. The van der Waals surface area contributed by atoms with Crippen molar-refractivity contribution in [1.29, 1.82) is 0 Å². The van der Waals surface area contributed by atoms with E-state index in [2.05, 4.69) is 28.2 Å². The Hall–Kier alpha value is -1.56. The van der Waals surface area contributed by atoms with Crippen molar-refractivity contribution in [3.8, 4) is 0 Å². The van der Waals surface area contributed by atoms with E-state index in [9.17, 15) is 9.59 Å². The molecule has 0 aliphatic rings. The van der Waals surface area contributed by atoms with Gasteiger partial charge in [0.1, 0.15) is 0 Å². The second-order valence-electron chi connectivity index (χ2n) is 4.71. The number of rotatable bonds is 5. The highest BCUT2D eigenvalue weighted by atomic mass is 79.9. The highest BCUT2D eigenvalue weighted by Gasteiger charge is 2.16. The van der Waals surface area contributed by atoms with Crippen LogP contribution in [0.1, 0.15) is 37.0 Å². The van der Waals surface area contributed by atoms with Crippen molar-refractivity contribution in [3.63, 3.8) is 0 Å². The first-order valence-electron chi connectivity index (χ1n) is 6.42. The number of hydrogen-bond acceptors (Lipinski definition) is 2. The predicted molar refractivity (Wildman–Crippen MR) is 82.3 cm³/mol. The maximum atomic E-state index is 12.1. The van der Waals surface area contributed by atoms with E-state index >= 15 is 0 Å². The first-order valence-corrected chi connectivity index (χ1v) is 7.22. The molecule has 6 heteroatoms. The summed E-state index contributed by atoms with van der Waals surface area (Å²) >= 11 is 3.23. The number of halogens is 1. The van der Waals surface area contributed by atoms with Crippen LogP contribution in [0.3, 0.4) is 0 Å². The lowest BCUT2D eigenvalue weighted by atomic mass is 10.2. The predicted octanol–water partition coefficient (Wildman–Crippen LogP) is 3.80. The quantitative estimate of drug-likeness (QED) is 0.854. The maximum absolute atomic E-state index is 12.1. The van der Waals surface area contributed by atoms with Gasteiger partial charge in [0.15, 0.2) is 0 Å². The number of benzene rings is 1. The topological polar surface area (TPSA) is 69.6 Å². The van der Waals surface area contributed by atoms with E-state index in [-0.39, 0.29) is 17.6 Å². The van der Waals surface area contributed by atoms with Crippen molar-refractivity contribution >= 4 is 33.6 Å². The molecule has 0 aromatic heterocycles. The van der Waals surface area contributed by atoms with Crippen molar-refractivity contribution in [2.45, 2.75) is 32.7 Å². The molecule has 0 saturated heterocycles. The Morgan fingerprint density at radius 1 is 1.40 bits per heavy atom. The van der Waals surface area contributed by atoms with Crippen LogP contribution in [0.2, 0.25) is 0 Å². The highest BCUT2D eigenvalue weighted by Crippen LogP contribution is 2.20. The molecular formula is C14H19BrN2O3. The Bertz CT molecular complexity index is 505. The monoisotopic (exact) mass is 342 g/mol. The number of carboxylic acid groups (broad SMARTS) is 1. The van der Waals surface area contributed by atoms with Crippen molar-refractivity contribution in [2.75, 3.05) is 12.4 Å². The lowest BCUT2D eigenvalue weighted by Crippen LogP contribution is -2.38. The van der Waals surface area contributed by atoms with Crippen molar-refractivity contribution in [1.82, 2.24) is 4.90 Å². The van der Waals surface area contributed by atoms with Crippen molar-refractivity contribution in [3.05, 3.63) is 28.2 Å². The fraction of sp³-hybridized carbons (Fsp3) is 0.429. The zero-order chi connectivity index (χ0) is 15.3. The number of urea groups is 1. The number of carboxylic acids is 1. The van der Waals surface area contributed by atoms with E-state index in [4.69, 9.17) is 5.11 Å². The van der Waals surface area contributed by atoms with Crippen LogP contribution in [0, 0.1) is 0 Å².